The van der Waals surface area contributed by atoms with E-state index in [9.17, 15) is 14.4 Å². The van der Waals surface area contributed by atoms with Gasteiger partial charge in [-0.1, -0.05) is 259 Å². The summed E-state index contributed by atoms with van der Waals surface area (Å²) in [5, 5.41) is 0. The number of ether oxygens (including phenoxy) is 3. The number of unbranched alkanes of at least 4 members (excludes halogenated alkanes) is 26. The van der Waals surface area contributed by atoms with E-state index in [2.05, 4.69) is 45.1 Å². The number of carbonyl (C=O) groups excluding carboxylic acids is 3. The van der Waals surface area contributed by atoms with Crippen molar-refractivity contribution in [2.24, 2.45) is 0 Å². The maximum atomic E-state index is 12.8. The second kappa shape index (κ2) is 52.9. The van der Waals surface area contributed by atoms with E-state index in [1.165, 1.54) is 109 Å². The van der Waals surface area contributed by atoms with Gasteiger partial charge in [0, 0.05) is 19.3 Å². The van der Waals surface area contributed by atoms with Crippen molar-refractivity contribution in [3.05, 3.63) is 97.2 Å². The van der Waals surface area contributed by atoms with Crippen LogP contribution in [-0.2, 0) is 28.6 Å². The van der Waals surface area contributed by atoms with E-state index in [0.29, 0.717) is 19.3 Å². The molecule has 0 saturated heterocycles. The van der Waals surface area contributed by atoms with E-state index >= 15 is 0 Å². The fraction of sp³-hybridized carbons (Fsp3) is 0.678. The average Bonchev–Trinajstić information content (AvgIpc) is 3.30. The van der Waals surface area contributed by atoms with Crippen LogP contribution in [0.5, 0.6) is 0 Å². The minimum absolute atomic E-state index is 0.0978. The maximum Gasteiger partial charge on any atom is 0.306 e. The number of allylic oxidation sites excluding steroid dienone is 16. The summed E-state index contributed by atoms with van der Waals surface area (Å²) in [4.78, 5) is 38.0. The van der Waals surface area contributed by atoms with Gasteiger partial charge in [0.2, 0.25) is 0 Å². The normalized spacial score (nSPS) is 12.8. The highest BCUT2D eigenvalue weighted by Gasteiger charge is 2.19. The summed E-state index contributed by atoms with van der Waals surface area (Å²) < 4.78 is 16.8. The topological polar surface area (TPSA) is 78.9 Å². The van der Waals surface area contributed by atoms with Crippen LogP contribution in [-0.4, -0.2) is 37.2 Å². The molecule has 6 heteroatoms. The summed E-state index contributed by atoms with van der Waals surface area (Å²) in [7, 11) is 0. The van der Waals surface area contributed by atoms with Crippen molar-refractivity contribution in [3.63, 3.8) is 0 Å². The molecule has 0 amide bonds. The Hall–Kier alpha value is -3.67. The summed E-state index contributed by atoms with van der Waals surface area (Å²) in [5.41, 5.74) is 0. The minimum Gasteiger partial charge on any atom is -0.462 e. The van der Waals surface area contributed by atoms with Crippen molar-refractivity contribution in [3.8, 4) is 0 Å². The molecule has 0 bridgehead atoms. The lowest BCUT2D eigenvalue weighted by Crippen LogP contribution is -2.30. The Kier molecular flexibility index (Phi) is 50.0. The molecule has 0 heterocycles. The van der Waals surface area contributed by atoms with Gasteiger partial charge in [-0.15, -0.1) is 0 Å². The molecule has 0 aromatic rings. The van der Waals surface area contributed by atoms with Gasteiger partial charge < -0.3 is 14.2 Å². The zero-order valence-corrected chi connectivity index (χ0v) is 42.2. The van der Waals surface area contributed by atoms with Gasteiger partial charge >= 0.3 is 17.9 Å². The van der Waals surface area contributed by atoms with E-state index in [4.69, 9.17) is 14.2 Å². The highest BCUT2D eigenvalue weighted by atomic mass is 16.6. The number of hydrogen-bond donors (Lipinski definition) is 0. The van der Waals surface area contributed by atoms with Crippen molar-refractivity contribution in [2.75, 3.05) is 13.2 Å². The third-order valence-electron chi connectivity index (χ3n) is 11.3. The van der Waals surface area contributed by atoms with Gasteiger partial charge in [-0.2, -0.15) is 0 Å². The van der Waals surface area contributed by atoms with Gasteiger partial charge in [0.1, 0.15) is 13.2 Å². The average molecular weight is 903 g/mol. The Morgan fingerprint density at radius 1 is 0.323 bits per heavy atom. The Morgan fingerprint density at radius 2 is 0.631 bits per heavy atom. The van der Waals surface area contributed by atoms with Gasteiger partial charge in [-0.3, -0.25) is 14.4 Å². The molecular formula is C59H98O6. The summed E-state index contributed by atoms with van der Waals surface area (Å²) in [6, 6.07) is 0. The van der Waals surface area contributed by atoms with Crippen molar-refractivity contribution < 1.29 is 28.6 Å². The SMILES string of the molecule is CC\C=C/C=C\C=C/C=C\C=C\C=C/C=C\CCCCCC(=O)OCC(COC(=O)CCCCCC/C=C\CCCC)OC(=O)CCCCCCCCCCCCCCCCCCCC. The molecular weight excluding hydrogens is 805 g/mol. The molecule has 0 aromatic heterocycles. The quantitative estimate of drug-likeness (QED) is 0.0199. The van der Waals surface area contributed by atoms with Crippen LogP contribution in [0, 0.1) is 0 Å². The fourth-order valence-electron chi connectivity index (χ4n) is 7.23. The van der Waals surface area contributed by atoms with E-state index in [1.807, 2.05) is 72.9 Å². The molecule has 0 spiro atoms. The third kappa shape index (κ3) is 51.2. The van der Waals surface area contributed by atoms with E-state index < -0.39 is 6.10 Å². The van der Waals surface area contributed by atoms with Gasteiger partial charge in [-0.05, 0) is 57.8 Å². The standard InChI is InChI=1S/C59H98O6/c1-4-7-10-13-16-19-22-24-26-28-30-32-33-35-37-40-43-46-49-52-58(61)64-55-56(54-63-57(60)51-48-45-42-39-21-18-15-12-9-6-3)65-59(62)53-50-47-44-41-38-36-34-31-29-27-25-23-20-17-14-11-8-5-2/h7,10,13,15-16,18-19,22,24,26,28,30,32-33,35,37,56H,4-6,8-9,11-12,14,17,20-21,23,25,27,29,31,34,36,38-55H2,1-3H3/b10-7-,16-13-,18-15-,22-19-,26-24-,30-28+,33-32-,37-35-. The molecule has 6 nitrogen and oxygen atoms in total. The Labute approximate surface area is 400 Å². The first-order valence-corrected chi connectivity index (χ1v) is 26.8. The third-order valence-corrected chi connectivity index (χ3v) is 11.3. The molecule has 0 aromatic carbocycles. The monoisotopic (exact) mass is 903 g/mol. The first-order chi connectivity index (χ1) is 32.0. The number of hydrogen-bond acceptors (Lipinski definition) is 6. The summed E-state index contributed by atoms with van der Waals surface area (Å²) in [6.45, 7) is 6.40. The van der Waals surface area contributed by atoms with Crippen LogP contribution >= 0.6 is 0 Å². The Bertz CT molecular complexity index is 1310. The number of carbonyl (C=O) groups is 3. The number of esters is 3. The second-order valence-electron chi connectivity index (χ2n) is 17.6. The molecule has 1 atom stereocenters. The van der Waals surface area contributed by atoms with Gasteiger partial charge in [0.05, 0.1) is 0 Å². The van der Waals surface area contributed by atoms with Gasteiger partial charge in [0.15, 0.2) is 6.10 Å². The summed E-state index contributed by atoms with van der Waals surface area (Å²) >= 11 is 0. The molecule has 370 valence electrons. The minimum atomic E-state index is -0.799. The molecule has 65 heavy (non-hydrogen) atoms. The van der Waals surface area contributed by atoms with Crippen LogP contribution in [0.1, 0.15) is 239 Å². The molecule has 0 aliphatic heterocycles. The van der Waals surface area contributed by atoms with Crippen molar-refractivity contribution in [1.82, 2.24) is 0 Å². The highest BCUT2D eigenvalue weighted by molar-refractivity contribution is 5.71. The molecule has 0 radical (unpaired) electrons. The molecule has 0 aliphatic carbocycles. The van der Waals surface area contributed by atoms with Gasteiger partial charge in [-0.25, -0.2) is 0 Å². The van der Waals surface area contributed by atoms with Crippen LogP contribution < -0.4 is 0 Å². The van der Waals surface area contributed by atoms with Crippen molar-refractivity contribution >= 4 is 17.9 Å². The van der Waals surface area contributed by atoms with Crippen LogP contribution in [0.3, 0.4) is 0 Å². The predicted octanol–water partition coefficient (Wildman–Crippen LogP) is 17.8. The second-order valence-corrected chi connectivity index (χ2v) is 17.6. The van der Waals surface area contributed by atoms with E-state index in [0.717, 1.165) is 89.9 Å². The predicted molar refractivity (Wildman–Crippen MR) is 279 cm³/mol. The van der Waals surface area contributed by atoms with Crippen LogP contribution in [0.25, 0.3) is 0 Å². The lowest BCUT2D eigenvalue weighted by atomic mass is 10.0. The first-order valence-electron chi connectivity index (χ1n) is 26.8. The lowest BCUT2D eigenvalue weighted by Gasteiger charge is -2.18. The molecule has 0 fully saturated rings. The highest BCUT2D eigenvalue weighted by Crippen LogP contribution is 2.16. The Balaban J connectivity index is 4.44. The summed E-state index contributed by atoms with van der Waals surface area (Å²) in [6.07, 6.45) is 69.6. The maximum absolute atomic E-state index is 12.8. The zero-order chi connectivity index (χ0) is 47.2. The Morgan fingerprint density at radius 3 is 1.05 bits per heavy atom. The van der Waals surface area contributed by atoms with E-state index in [1.54, 1.807) is 0 Å². The van der Waals surface area contributed by atoms with Crippen molar-refractivity contribution in [2.45, 2.75) is 245 Å². The fourth-order valence-corrected chi connectivity index (χ4v) is 7.23. The number of rotatable bonds is 47. The molecule has 1 unspecified atom stereocenters. The van der Waals surface area contributed by atoms with Gasteiger partial charge in [0.25, 0.3) is 0 Å². The van der Waals surface area contributed by atoms with Crippen molar-refractivity contribution in [1.29, 1.82) is 0 Å². The molecule has 0 N–H and O–H groups in total. The van der Waals surface area contributed by atoms with Crippen LogP contribution in [0.15, 0.2) is 97.2 Å². The summed E-state index contributed by atoms with van der Waals surface area (Å²) in [5.74, 6) is -0.955. The molecule has 0 aliphatic rings. The molecule has 0 saturated carbocycles. The largest absolute Gasteiger partial charge is 0.462 e. The van der Waals surface area contributed by atoms with Crippen LogP contribution in [0.4, 0.5) is 0 Å². The smallest absolute Gasteiger partial charge is 0.306 e. The van der Waals surface area contributed by atoms with E-state index in [-0.39, 0.29) is 31.1 Å². The zero-order valence-electron chi connectivity index (χ0n) is 42.2. The lowest BCUT2D eigenvalue weighted by molar-refractivity contribution is -0.167. The van der Waals surface area contributed by atoms with Crippen LogP contribution in [0.2, 0.25) is 0 Å². The first kappa shape index (κ1) is 61.3. The molecule has 0 rings (SSSR count).